The molecule has 0 aliphatic rings. The van der Waals surface area contributed by atoms with Crippen molar-refractivity contribution >= 4 is 0 Å². The largest absolute Gasteiger partial charge is 0.493 e. The molecule has 1 N–H and O–H groups in total. The zero-order valence-corrected chi connectivity index (χ0v) is 11.7. The van der Waals surface area contributed by atoms with Crippen LogP contribution in [0.15, 0.2) is 18.2 Å². The van der Waals surface area contributed by atoms with Crippen molar-refractivity contribution in [1.82, 2.24) is 0 Å². The summed E-state index contributed by atoms with van der Waals surface area (Å²) in [4.78, 5) is 0. The first kappa shape index (κ1) is 14.6. The summed E-state index contributed by atoms with van der Waals surface area (Å²) in [6, 6.07) is 5.41. The molecule has 0 spiro atoms. The molecule has 1 aromatic rings. The maximum Gasteiger partial charge on any atom is 0.203 e. The quantitative estimate of drug-likeness (QED) is 0.877. The van der Waals surface area contributed by atoms with Gasteiger partial charge in [0.15, 0.2) is 11.5 Å². The Morgan fingerprint density at radius 1 is 1.11 bits per heavy atom. The molecule has 0 fully saturated rings. The van der Waals surface area contributed by atoms with Crippen LogP contribution in [0.1, 0.15) is 20.8 Å². The number of aliphatic hydroxyl groups excluding tert-OH is 1. The molecule has 0 aliphatic carbocycles. The van der Waals surface area contributed by atoms with Crippen molar-refractivity contribution in [2.75, 3.05) is 20.8 Å². The Bertz CT molecular complexity index is 360. The molecule has 0 saturated carbocycles. The van der Waals surface area contributed by atoms with Crippen LogP contribution in [0.3, 0.4) is 0 Å². The van der Waals surface area contributed by atoms with Crippen LogP contribution >= 0.6 is 0 Å². The van der Waals surface area contributed by atoms with Gasteiger partial charge in [-0.1, -0.05) is 26.8 Å². The Hall–Kier alpha value is -1.42. The molecule has 0 heterocycles. The molecule has 0 amide bonds. The minimum atomic E-state index is -0.563. The fourth-order valence-electron chi connectivity index (χ4n) is 1.37. The highest BCUT2D eigenvalue weighted by molar-refractivity contribution is 5.51. The standard InChI is InChI=1S/C14H22O4/c1-14(2,3)12(15)9-18-13-10(16-4)7-6-8-11(13)17-5/h6-8,12,15H,9H2,1-5H3. The molecule has 4 nitrogen and oxygen atoms in total. The monoisotopic (exact) mass is 254 g/mol. The smallest absolute Gasteiger partial charge is 0.203 e. The second-order valence-corrected chi connectivity index (χ2v) is 5.18. The molecule has 18 heavy (non-hydrogen) atoms. The summed E-state index contributed by atoms with van der Waals surface area (Å²) in [6.45, 7) is 6.07. The molecule has 0 aromatic heterocycles. The lowest BCUT2D eigenvalue weighted by molar-refractivity contribution is 0.0203. The van der Waals surface area contributed by atoms with Gasteiger partial charge in [0.05, 0.1) is 20.3 Å². The van der Waals surface area contributed by atoms with Crippen molar-refractivity contribution in [3.05, 3.63) is 18.2 Å². The van der Waals surface area contributed by atoms with E-state index in [0.29, 0.717) is 17.2 Å². The van der Waals surface area contributed by atoms with Crippen LogP contribution in [0.4, 0.5) is 0 Å². The lowest BCUT2D eigenvalue weighted by Crippen LogP contribution is -2.32. The van der Waals surface area contributed by atoms with Gasteiger partial charge in [-0.2, -0.15) is 0 Å². The van der Waals surface area contributed by atoms with Gasteiger partial charge in [-0.05, 0) is 17.5 Å². The minimum Gasteiger partial charge on any atom is -0.493 e. The molecule has 102 valence electrons. The molecule has 1 aromatic carbocycles. The van der Waals surface area contributed by atoms with E-state index in [2.05, 4.69) is 0 Å². The number of ether oxygens (including phenoxy) is 3. The number of hydrogen-bond donors (Lipinski definition) is 1. The molecule has 0 radical (unpaired) electrons. The average molecular weight is 254 g/mol. The summed E-state index contributed by atoms with van der Waals surface area (Å²) in [5.41, 5.74) is -0.227. The third kappa shape index (κ3) is 3.53. The molecular formula is C14H22O4. The Morgan fingerprint density at radius 2 is 1.61 bits per heavy atom. The highest BCUT2D eigenvalue weighted by Crippen LogP contribution is 2.37. The van der Waals surface area contributed by atoms with E-state index in [0.717, 1.165) is 0 Å². The van der Waals surface area contributed by atoms with Gasteiger partial charge in [0.1, 0.15) is 6.61 Å². The second-order valence-electron chi connectivity index (χ2n) is 5.18. The van der Waals surface area contributed by atoms with Crippen LogP contribution in [-0.4, -0.2) is 32.0 Å². The first-order valence-corrected chi connectivity index (χ1v) is 5.92. The normalized spacial score (nSPS) is 13.0. The molecule has 1 unspecified atom stereocenters. The Balaban J connectivity index is 2.83. The summed E-state index contributed by atoms with van der Waals surface area (Å²) < 4.78 is 16.1. The van der Waals surface area contributed by atoms with Crippen molar-refractivity contribution in [3.63, 3.8) is 0 Å². The molecule has 1 rings (SSSR count). The van der Waals surface area contributed by atoms with Crippen molar-refractivity contribution < 1.29 is 19.3 Å². The Kier molecular flexibility index (Phi) is 4.84. The van der Waals surface area contributed by atoms with E-state index in [1.807, 2.05) is 26.8 Å². The van der Waals surface area contributed by atoms with Crippen molar-refractivity contribution in [2.24, 2.45) is 5.41 Å². The molecule has 0 saturated heterocycles. The van der Waals surface area contributed by atoms with Gasteiger partial charge < -0.3 is 19.3 Å². The lowest BCUT2D eigenvalue weighted by Gasteiger charge is -2.26. The maximum atomic E-state index is 9.97. The number of aliphatic hydroxyl groups is 1. The third-order valence-corrected chi connectivity index (χ3v) is 2.77. The summed E-state index contributed by atoms with van der Waals surface area (Å²) in [7, 11) is 3.14. The van der Waals surface area contributed by atoms with Crippen LogP contribution in [0, 0.1) is 5.41 Å². The number of hydrogen-bond acceptors (Lipinski definition) is 4. The highest BCUT2D eigenvalue weighted by atomic mass is 16.5. The predicted molar refractivity (Wildman–Crippen MR) is 70.5 cm³/mol. The number of rotatable bonds is 5. The van der Waals surface area contributed by atoms with E-state index in [9.17, 15) is 5.11 Å². The van der Waals surface area contributed by atoms with Crippen LogP contribution in [0.25, 0.3) is 0 Å². The molecule has 4 heteroatoms. The van der Waals surface area contributed by atoms with E-state index < -0.39 is 6.10 Å². The fraction of sp³-hybridized carbons (Fsp3) is 0.571. The number of para-hydroxylation sites is 1. The maximum absolute atomic E-state index is 9.97. The third-order valence-electron chi connectivity index (χ3n) is 2.77. The second kappa shape index (κ2) is 5.96. The van der Waals surface area contributed by atoms with Gasteiger partial charge in [-0.3, -0.25) is 0 Å². The summed E-state index contributed by atoms with van der Waals surface area (Å²) in [6.07, 6.45) is -0.563. The highest BCUT2D eigenvalue weighted by Gasteiger charge is 2.23. The van der Waals surface area contributed by atoms with Gasteiger partial charge in [0.2, 0.25) is 5.75 Å². The van der Waals surface area contributed by atoms with E-state index >= 15 is 0 Å². The van der Waals surface area contributed by atoms with E-state index in [-0.39, 0.29) is 12.0 Å². The van der Waals surface area contributed by atoms with Gasteiger partial charge in [0, 0.05) is 0 Å². The molecule has 0 bridgehead atoms. The van der Waals surface area contributed by atoms with Crippen molar-refractivity contribution in [1.29, 1.82) is 0 Å². The Morgan fingerprint density at radius 3 is 2.00 bits per heavy atom. The van der Waals surface area contributed by atoms with Gasteiger partial charge in [-0.25, -0.2) is 0 Å². The zero-order chi connectivity index (χ0) is 13.8. The van der Waals surface area contributed by atoms with Crippen molar-refractivity contribution in [2.45, 2.75) is 26.9 Å². The number of benzene rings is 1. The van der Waals surface area contributed by atoms with Crippen LogP contribution in [0.5, 0.6) is 17.2 Å². The van der Waals surface area contributed by atoms with Crippen molar-refractivity contribution in [3.8, 4) is 17.2 Å². The lowest BCUT2D eigenvalue weighted by atomic mass is 9.90. The van der Waals surface area contributed by atoms with Crippen LogP contribution in [-0.2, 0) is 0 Å². The molecule has 0 aliphatic heterocycles. The number of methoxy groups -OCH3 is 2. The van der Waals surface area contributed by atoms with Crippen LogP contribution < -0.4 is 14.2 Å². The van der Waals surface area contributed by atoms with E-state index in [1.54, 1.807) is 26.4 Å². The SMILES string of the molecule is COc1cccc(OC)c1OCC(O)C(C)(C)C. The van der Waals surface area contributed by atoms with E-state index in [4.69, 9.17) is 14.2 Å². The summed E-state index contributed by atoms with van der Waals surface area (Å²) in [5, 5.41) is 9.97. The molecular weight excluding hydrogens is 232 g/mol. The van der Waals surface area contributed by atoms with Gasteiger partial charge >= 0.3 is 0 Å². The summed E-state index contributed by atoms with van der Waals surface area (Å²) >= 11 is 0. The van der Waals surface area contributed by atoms with Crippen LogP contribution in [0.2, 0.25) is 0 Å². The topological polar surface area (TPSA) is 47.9 Å². The first-order chi connectivity index (χ1) is 8.40. The fourth-order valence-corrected chi connectivity index (χ4v) is 1.37. The average Bonchev–Trinajstić information content (AvgIpc) is 2.34. The summed E-state index contributed by atoms with van der Waals surface area (Å²) in [5.74, 6) is 1.71. The van der Waals surface area contributed by atoms with E-state index in [1.165, 1.54) is 0 Å². The zero-order valence-electron chi connectivity index (χ0n) is 11.7. The van der Waals surface area contributed by atoms with Gasteiger partial charge in [0.25, 0.3) is 0 Å². The Labute approximate surface area is 108 Å². The van der Waals surface area contributed by atoms with Gasteiger partial charge in [-0.15, -0.1) is 0 Å². The molecule has 1 atom stereocenters. The predicted octanol–water partition coefficient (Wildman–Crippen LogP) is 2.49. The minimum absolute atomic E-state index is 0.195. The first-order valence-electron chi connectivity index (χ1n) is 5.92.